The van der Waals surface area contributed by atoms with Crippen LogP contribution in [-0.4, -0.2) is 31.6 Å². The highest BCUT2D eigenvalue weighted by Gasteiger charge is 2.60. The lowest BCUT2D eigenvalue weighted by Crippen LogP contribution is -2.54. The fourth-order valence-corrected chi connectivity index (χ4v) is 8.31. The van der Waals surface area contributed by atoms with Crippen LogP contribution in [0.25, 0.3) is 0 Å². The second-order valence-corrected chi connectivity index (χ2v) is 11.6. The zero-order valence-electron chi connectivity index (χ0n) is 20.9. The van der Waals surface area contributed by atoms with Gasteiger partial charge in [-0.05, 0) is 98.7 Å². The Bertz CT molecular complexity index is 996. The third kappa shape index (κ3) is 4.13. The second-order valence-electron chi connectivity index (χ2n) is 11.6. The first-order valence-corrected chi connectivity index (χ1v) is 13.0. The van der Waals surface area contributed by atoms with Gasteiger partial charge in [-0.25, -0.2) is 4.79 Å². The zero-order valence-corrected chi connectivity index (χ0v) is 20.9. The molecule has 0 spiro atoms. The van der Waals surface area contributed by atoms with Crippen LogP contribution in [0.2, 0.25) is 0 Å². The number of carbonyl (C=O) groups is 2. The molecule has 0 saturated heterocycles. The molecule has 4 aliphatic rings. The number of alkyl halides is 2. The van der Waals surface area contributed by atoms with Crippen molar-refractivity contribution in [3.05, 3.63) is 23.8 Å². The number of carbonyl (C=O) groups excluding carboxylic acids is 2. The van der Waals surface area contributed by atoms with E-state index in [2.05, 4.69) is 18.6 Å². The van der Waals surface area contributed by atoms with Crippen molar-refractivity contribution >= 4 is 11.8 Å². The third-order valence-electron chi connectivity index (χ3n) is 10.2. The van der Waals surface area contributed by atoms with Gasteiger partial charge >= 0.3 is 12.6 Å². The summed E-state index contributed by atoms with van der Waals surface area (Å²) in [5, 5.41) is 0. The Morgan fingerprint density at radius 2 is 1.83 bits per heavy atom. The number of halogens is 2. The van der Waals surface area contributed by atoms with Crippen LogP contribution >= 0.6 is 0 Å². The van der Waals surface area contributed by atoms with Gasteiger partial charge in [0.25, 0.3) is 0 Å². The van der Waals surface area contributed by atoms with Gasteiger partial charge in [0.2, 0.25) is 0 Å². The van der Waals surface area contributed by atoms with Gasteiger partial charge < -0.3 is 14.2 Å². The molecule has 7 atom stereocenters. The Morgan fingerprint density at radius 1 is 1.03 bits per heavy atom. The Kier molecular flexibility index (Phi) is 6.33. The van der Waals surface area contributed by atoms with Gasteiger partial charge in [0.1, 0.15) is 11.9 Å². The van der Waals surface area contributed by atoms with Crippen molar-refractivity contribution in [3.8, 4) is 11.5 Å². The summed E-state index contributed by atoms with van der Waals surface area (Å²) in [6, 6.07) is 4.21. The van der Waals surface area contributed by atoms with Crippen molar-refractivity contribution in [1.82, 2.24) is 0 Å². The number of ether oxygens (including phenoxy) is 3. The lowest BCUT2D eigenvalue weighted by molar-refractivity contribution is -0.142. The number of methoxy groups -OCH3 is 1. The van der Waals surface area contributed by atoms with Gasteiger partial charge in [-0.2, -0.15) is 8.78 Å². The first kappa shape index (κ1) is 24.5. The summed E-state index contributed by atoms with van der Waals surface area (Å²) >= 11 is 0. The summed E-state index contributed by atoms with van der Waals surface area (Å²) in [6.45, 7) is 1.63. The molecule has 0 bridgehead atoms. The molecule has 4 fully saturated rings. The summed E-state index contributed by atoms with van der Waals surface area (Å²) in [5.74, 6) is 2.20. The number of benzene rings is 1. The number of hydrogen-bond acceptors (Lipinski definition) is 5. The van der Waals surface area contributed by atoms with Crippen LogP contribution in [0.1, 0.15) is 82.0 Å². The van der Waals surface area contributed by atoms with Gasteiger partial charge in [-0.15, -0.1) is 0 Å². The minimum absolute atomic E-state index is 0.109. The highest BCUT2D eigenvalue weighted by atomic mass is 19.3. The van der Waals surface area contributed by atoms with Crippen LogP contribution in [-0.2, 0) is 9.53 Å². The summed E-state index contributed by atoms with van der Waals surface area (Å²) in [7, 11) is 1.36. The molecule has 0 aliphatic heterocycles. The molecule has 4 saturated carbocycles. The highest BCUT2D eigenvalue weighted by molar-refractivity contribution is 5.90. The smallest absolute Gasteiger partial charge is 0.387 e. The van der Waals surface area contributed by atoms with Crippen molar-refractivity contribution in [2.24, 2.45) is 34.5 Å². The van der Waals surface area contributed by atoms with Crippen LogP contribution in [0.4, 0.5) is 8.78 Å². The lowest BCUT2D eigenvalue weighted by atomic mass is 9.45. The van der Waals surface area contributed by atoms with Crippen LogP contribution in [0.5, 0.6) is 11.5 Å². The molecule has 0 heterocycles. The van der Waals surface area contributed by atoms with E-state index in [1.165, 1.54) is 25.3 Å². The molecule has 0 radical (unpaired) electrons. The van der Waals surface area contributed by atoms with E-state index >= 15 is 0 Å². The zero-order chi connectivity index (χ0) is 25.0. The van der Waals surface area contributed by atoms with E-state index in [9.17, 15) is 18.4 Å². The number of Topliss-reactive ketones (excluding diaryl/α,β-unsaturated/α-hetero) is 1. The first-order valence-electron chi connectivity index (χ1n) is 13.0. The lowest BCUT2D eigenvalue weighted by Gasteiger charge is -2.60. The minimum atomic E-state index is -3.01. The molecule has 7 heteroatoms. The van der Waals surface area contributed by atoms with Gasteiger partial charge in [0.05, 0.1) is 12.7 Å². The quantitative estimate of drug-likeness (QED) is 0.445. The predicted octanol–water partition coefficient (Wildman–Crippen LogP) is 6.43. The fourth-order valence-electron chi connectivity index (χ4n) is 8.31. The second kappa shape index (κ2) is 9.04. The summed E-state index contributed by atoms with van der Waals surface area (Å²) in [6.07, 6.45) is 8.68. The number of ketones is 1. The van der Waals surface area contributed by atoms with E-state index in [0.717, 1.165) is 57.8 Å². The van der Waals surface area contributed by atoms with Gasteiger partial charge in [-0.3, -0.25) is 4.79 Å². The molecule has 5 rings (SSSR count). The van der Waals surface area contributed by atoms with Crippen LogP contribution in [0.3, 0.4) is 0 Å². The Balaban J connectivity index is 1.26. The summed E-state index contributed by atoms with van der Waals surface area (Å²) in [4.78, 5) is 25.5. The van der Waals surface area contributed by atoms with Gasteiger partial charge in [-0.1, -0.05) is 13.8 Å². The molecule has 1 aromatic carbocycles. The molecule has 5 nitrogen and oxygen atoms in total. The van der Waals surface area contributed by atoms with E-state index in [-0.39, 0.29) is 34.0 Å². The standard InChI is InChI=1S/C28H36F2O5/c1-27-12-10-18(34-25(32)16-4-8-22(33-3)23(14-16)35-26(29)30)15-17(27)5-6-19-20-7-9-24(31)28(20,2)13-11-21(19)27/h4,8,14,17-21,26H,5-7,9-13,15H2,1-3H3/t17-,18-,19-,20-,21-,27-,28-/m0/s1. The van der Waals surface area contributed by atoms with Gasteiger partial charge in [0, 0.05) is 11.8 Å². The molecule has 0 amide bonds. The SMILES string of the molecule is COc1ccc(C(=O)O[C@H]2CC[C@@]3(C)[C@@H](CC[C@@H]4[C@@H]3CC[C@]3(C)C(=O)CC[C@@H]43)C2)cc1OC(F)F. The van der Waals surface area contributed by atoms with E-state index in [1.807, 2.05) is 0 Å². The molecule has 0 N–H and O–H groups in total. The molecule has 4 aliphatic carbocycles. The van der Waals surface area contributed by atoms with E-state index in [4.69, 9.17) is 9.47 Å². The fraction of sp³-hybridized carbons (Fsp3) is 0.714. The van der Waals surface area contributed by atoms with Crippen molar-refractivity contribution in [1.29, 1.82) is 0 Å². The molecular formula is C28H36F2O5. The molecule has 0 aromatic heterocycles. The Hall–Kier alpha value is -2.18. The van der Waals surface area contributed by atoms with E-state index in [1.54, 1.807) is 0 Å². The molecule has 1 aromatic rings. The van der Waals surface area contributed by atoms with Crippen molar-refractivity contribution in [2.45, 2.75) is 84.4 Å². The Morgan fingerprint density at radius 3 is 2.57 bits per heavy atom. The predicted molar refractivity (Wildman–Crippen MR) is 126 cm³/mol. The largest absolute Gasteiger partial charge is 0.493 e. The number of hydrogen-bond donors (Lipinski definition) is 0. The third-order valence-corrected chi connectivity index (χ3v) is 10.2. The van der Waals surface area contributed by atoms with E-state index in [0.29, 0.717) is 29.5 Å². The average Bonchev–Trinajstić information content (AvgIpc) is 3.13. The van der Waals surface area contributed by atoms with Crippen LogP contribution in [0, 0.1) is 34.5 Å². The maximum absolute atomic E-state index is 12.9. The normalized spacial score (nSPS) is 38.3. The summed E-state index contributed by atoms with van der Waals surface area (Å²) < 4.78 is 40.9. The molecule has 35 heavy (non-hydrogen) atoms. The topological polar surface area (TPSA) is 61.8 Å². The Labute approximate surface area is 205 Å². The summed E-state index contributed by atoms with van der Waals surface area (Å²) in [5.41, 5.74) is 0.287. The van der Waals surface area contributed by atoms with E-state index < -0.39 is 12.6 Å². The van der Waals surface area contributed by atoms with Crippen molar-refractivity contribution in [2.75, 3.05) is 7.11 Å². The maximum atomic E-state index is 12.9. The van der Waals surface area contributed by atoms with Crippen LogP contribution < -0.4 is 9.47 Å². The molecular weight excluding hydrogens is 454 g/mol. The van der Waals surface area contributed by atoms with Crippen molar-refractivity contribution < 1.29 is 32.6 Å². The van der Waals surface area contributed by atoms with Gasteiger partial charge in [0.15, 0.2) is 11.5 Å². The maximum Gasteiger partial charge on any atom is 0.387 e. The van der Waals surface area contributed by atoms with Crippen molar-refractivity contribution in [3.63, 3.8) is 0 Å². The first-order chi connectivity index (χ1) is 16.7. The minimum Gasteiger partial charge on any atom is -0.493 e. The molecule has 0 unspecified atom stereocenters. The number of esters is 1. The number of fused-ring (bicyclic) bond motifs is 5. The molecule has 192 valence electrons. The monoisotopic (exact) mass is 490 g/mol. The average molecular weight is 491 g/mol. The van der Waals surface area contributed by atoms with Crippen LogP contribution in [0.15, 0.2) is 18.2 Å². The highest BCUT2D eigenvalue weighted by Crippen LogP contribution is 2.65. The number of rotatable bonds is 5.